The fourth-order valence-corrected chi connectivity index (χ4v) is 5.12. The molecule has 3 fully saturated rings. The van der Waals surface area contributed by atoms with Gasteiger partial charge in [-0.3, -0.25) is 9.88 Å². The predicted octanol–water partition coefficient (Wildman–Crippen LogP) is 2.89. The molecule has 2 saturated heterocycles. The van der Waals surface area contributed by atoms with Crippen molar-refractivity contribution in [1.82, 2.24) is 15.5 Å². The minimum absolute atomic E-state index is 0.106. The number of hydrogen-bond donors (Lipinski definition) is 1. The number of carbonyl (C=O) groups is 1. The second-order valence-electron chi connectivity index (χ2n) is 8.71. The highest BCUT2D eigenvalue weighted by atomic mass is 19.1. The van der Waals surface area contributed by atoms with E-state index in [9.17, 15) is 10.1 Å². The van der Waals surface area contributed by atoms with Crippen LogP contribution in [0.15, 0.2) is 53.4 Å². The highest BCUT2D eigenvalue weighted by Gasteiger charge is 2.69. The fourth-order valence-electron chi connectivity index (χ4n) is 5.12. The lowest BCUT2D eigenvalue weighted by molar-refractivity contribution is 0.102. The van der Waals surface area contributed by atoms with Crippen LogP contribution in [0.3, 0.4) is 0 Å². The second-order valence-corrected chi connectivity index (χ2v) is 8.71. The zero-order valence-electron chi connectivity index (χ0n) is 18.0. The number of nitrogens with one attached hydrogen (secondary N) is 1. The number of benzene rings is 1. The number of carbonyl (C=O) groups excluding carboxylic acids is 1. The van der Waals surface area contributed by atoms with E-state index in [4.69, 9.17) is 14.0 Å². The molecule has 1 saturated carbocycles. The standard InChI is InChI=1S/C24H20FN5O4/c25-20-7-15(30-11-16(34-23(30)31)12-32-22-5-6-33-29-22)2-3-17(20)14-1-4-21(28-8-14)24(13-26)18-9-27-10-19(18)24/h1-8,16,18-19,27H,9-12H2/t16-,18-,19+,24?/m1/s1. The molecule has 4 atom stereocenters. The van der Waals surface area contributed by atoms with Crippen LogP contribution in [0, 0.1) is 29.0 Å². The van der Waals surface area contributed by atoms with Gasteiger partial charge in [0.2, 0.25) is 0 Å². The number of fused-ring (bicyclic) bond motifs is 1. The van der Waals surface area contributed by atoms with Crippen molar-refractivity contribution >= 4 is 11.8 Å². The molecule has 2 aliphatic heterocycles. The Morgan fingerprint density at radius 2 is 2.12 bits per heavy atom. The third kappa shape index (κ3) is 3.20. The highest BCUT2D eigenvalue weighted by molar-refractivity contribution is 5.90. The van der Waals surface area contributed by atoms with Gasteiger partial charge in [-0.05, 0) is 29.4 Å². The van der Waals surface area contributed by atoms with Crippen molar-refractivity contribution in [3.05, 3.63) is 60.4 Å². The molecule has 10 heteroatoms. The maximum Gasteiger partial charge on any atom is 0.414 e. The van der Waals surface area contributed by atoms with Gasteiger partial charge in [0, 0.05) is 48.3 Å². The van der Waals surface area contributed by atoms with Crippen molar-refractivity contribution < 1.29 is 23.2 Å². The fraction of sp³-hybridized carbons (Fsp3) is 0.333. The van der Waals surface area contributed by atoms with Gasteiger partial charge in [0.1, 0.15) is 24.1 Å². The molecule has 3 aliphatic rings. The molecule has 1 N–H and O–H groups in total. The van der Waals surface area contributed by atoms with E-state index in [1.54, 1.807) is 30.5 Å². The summed E-state index contributed by atoms with van der Waals surface area (Å²) >= 11 is 0. The maximum absolute atomic E-state index is 15.0. The summed E-state index contributed by atoms with van der Waals surface area (Å²) in [6, 6.07) is 12.2. The number of ether oxygens (including phenoxy) is 2. The third-order valence-electron chi connectivity index (χ3n) is 6.93. The summed E-state index contributed by atoms with van der Waals surface area (Å²) in [5.74, 6) is 0.394. The van der Waals surface area contributed by atoms with E-state index in [2.05, 4.69) is 21.5 Å². The SMILES string of the molecule is N#CC1(c2ccc(-c3ccc(N4C[C@H](COc5ccon5)OC4=O)cc3F)cn2)[C@@H]2CNC[C@@H]21. The number of hydrogen-bond acceptors (Lipinski definition) is 8. The number of rotatable bonds is 6. The van der Waals surface area contributed by atoms with Crippen LogP contribution < -0.4 is 15.0 Å². The maximum atomic E-state index is 15.0. The van der Waals surface area contributed by atoms with Gasteiger partial charge < -0.3 is 19.3 Å². The molecule has 1 aliphatic carbocycles. The van der Waals surface area contributed by atoms with E-state index < -0.39 is 23.4 Å². The van der Waals surface area contributed by atoms with Crippen molar-refractivity contribution in [1.29, 1.82) is 5.26 Å². The Labute approximate surface area is 194 Å². The minimum Gasteiger partial charge on any atom is -0.471 e. The van der Waals surface area contributed by atoms with Crippen molar-refractivity contribution in [2.45, 2.75) is 11.5 Å². The summed E-state index contributed by atoms with van der Waals surface area (Å²) in [6.07, 6.45) is 1.90. The molecule has 3 aromatic rings. The second kappa shape index (κ2) is 7.81. The third-order valence-corrected chi connectivity index (χ3v) is 6.93. The van der Waals surface area contributed by atoms with Gasteiger partial charge in [0.05, 0.1) is 24.0 Å². The van der Waals surface area contributed by atoms with Gasteiger partial charge in [-0.15, -0.1) is 0 Å². The summed E-state index contributed by atoms with van der Waals surface area (Å²) in [6.45, 7) is 1.97. The number of anilines is 1. The Bertz CT molecular complexity index is 1260. The lowest BCUT2D eigenvalue weighted by atomic mass is 9.96. The molecular formula is C24H20FN5O4. The van der Waals surface area contributed by atoms with Crippen LogP contribution in [0.2, 0.25) is 0 Å². The van der Waals surface area contributed by atoms with E-state index in [1.807, 2.05) is 6.07 Å². The summed E-state index contributed by atoms with van der Waals surface area (Å²) in [5, 5.41) is 16.7. The molecule has 4 heterocycles. The molecule has 0 radical (unpaired) electrons. The molecule has 0 bridgehead atoms. The Hall–Kier alpha value is -3.97. The number of nitrogens with zero attached hydrogens (tertiary/aromatic N) is 4. The highest BCUT2D eigenvalue weighted by Crippen LogP contribution is 2.60. The average Bonchev–Trinajstić information content (AvgIpc) is 3.38. The Morgan fingerprint density at radius 1 is 1.26 bits per heavy atom. The van der Waals surface area contributed by atoms with Crippen LogP contribution in [0.5, 0.6) is 5.88 Å². The van der Waals surface area contributed by atoms with Gasteiger partial charge >= 0.3 is 6.09 Å². The molecule has 6 rings (SSSR count). The van der Waals surface area contributed by atoms with Crippen LogP contribution >= 0.6 is 0 Å². The van der Waals surface area contributed by atoms with Crippen LogP contribution in [0.1, 0.15) is 5.69 Å². The monoisotopic (exact) mass is 461 g/mol. The summed E-state index contributed by atoms with van der Waals surface area (Å²) in [4.78, 5) is 18.2. The van der Waals surface area contributed by atoms with E-state index in [-0.39, 0.29) is 25.0 Å². The molecule has 2 aromatic heterocycles. The number of aromatic nitrogens is 2. The largest absolute Gasteiger partial charge is 0.471 e. The molecule has 1 unspecified atom stereocenters. The zero-order valence-corrected chi connectivity index (χ0v) is 18.0. The van der Waals surface area contributed by atoms with E-state index >= 15 is 4.39 Å². The first-order valence-corrected chi connectivity index (χ1v) is 11.0. The number of nitriles is 1. The molecule has 1 aromatic carbocycles. The van der Waals surface area contributed by atoms with Crippen molar-refractivity contribution in [2.24, 2.45) is 11.8 Å². The van der Waals surface area contributed by atoms with E-state index in [1.165, 1.54) is 17.2 Å². The Morgan fingerprint density at radius 3 is 2.79 bits per heavy atom. The molecule has 34 heavy (non-hydrogen) atoms. The van der Waals surface area contributed by atoms with Gasteiger partial charge in [-0.1, -0.05) is 6.07 Å². The molecular weight excluding hydrogens is 441 g/mol. The Balaban J connectivity index is 1.16. The van der Waals surface area contributed by atoms with Gasteiger partial charge in [0.15, 0.2) is 6.10 Å². The smallest absolute Gasteiger partial charge is 0.414 e. The van der Waals surface area contributed by atoms with Crippen LogP contribution in [-0.4, -0.2) is 48.6 Å². The first kappa shape index (κ1) is 20.6. The van der Waals surface area contributed by atoms with Crippen molar-refractivity contribution in [3.63, 3.8) is 0 Å². The number of halogens is 1. The van der Waals surface area contributed by atoms with Gasteiger partial charge in [-0.2, -0.15) is 5.26 Å². The summed E-state index contributed by atoms with van der Waals surface area (Å²) < 4.78 is 30.5. The normalized spacial score (nSPS) is 27.2. The van der Waals surface area contributed by atoms with Crippen LogP contribution in [-0.2, 0) is 10.2 Å². The topological polar surface area (TPSA) is 114 Å². The number of cyclic esters (lactones) is 1. The number of amides is 1. The first-order valence-electron chi connectivity index (χ1n) is 11.0. The molecule has 0 spiro atoms. The van der Waals surface area contributed by atoms with E-state index in [0.29, 0.717) is 22.7 Å². The number of piperidine rings is 1. The zero-order chi connectivity index (χ0) is 23.3. The Kier molecular flexibility index (Phi) is 4.74. The lowest BCUT2D eigenvalue weighted by Gasteiger charge is -2.15. The van der Waals surface area contributed by atoms with Crippen LogP contribution in [0.25, 0.3) is 11.1 Å². The van der Waals surface area contributed by atoms with Crippen molar-refractivity contribution in [2.75, 3.05) is 31.1 Å². The average molecular weight is 461 g/mol. The quantitative estimate of drug-likeness (QED) is 0.596. The molecule has 9 nitrogen and oxygen atoms in total. The van der Waals surface area contributed by atoms with E-state index in [0.717, 1.165) is 18.8 Å². The number of pyridine rings is 1. The van der Waals surface area contributed by atoms with Gasteiger partial charge in [0.25, 0.3) is 5.88 Å². The molecule has 172 valence electrons. The first-order chi connectivity index (χ1) is 16.6. The minimum atomic E-state index is -0.571. The molecule has 1 amide bonds. The van der Waals surface area contributed by atoms with Gasteiger partial charge in [-0.25, -0.2) is 9.18 Å². The van der Waals surface area contributed by atoms with Crippen LogP contribution in [0.4, 0.5) is 14.9 Å². The predicted molar refractivity (Wildman–Crippen MR) is 116 cm³/mol. The lowest BCUT2D eigenvalue weighted by Crippen LogP contribution is -2.26. The van der Waals surface area contributed by atoms with Crippen molar-refractivity contribution in [3.8, 4) is 23.1 Å². The summed E-state index contributed by atoms with van der Waals surface area (Å²) in [7, 11) is 0. The summed E-state index contributed by atoms with van der Waals surface area (Å²) in [5.41, 5.74) is 1.57.